The first-order chi connectivity index (χ1) is 7.25. The van der Waals surface area contributed by atoms with E-state index in [0.717, 1.165) is 22.4 Å². The molecule has 1 N–H and O–H groups in total. The standard InChI is InChI=1S/C11H11BrN2S/c1-8-11(15-7-14-8)6-13-10-4-2-9(12)3-5-10/h2-5,7,13H,6H2,1H3. The lowest BCUT2D eigenvalue weighted by molar-refractivity contribution is 1.12. The van der Waals surface area contributed by atoms with Gasteiger partial charge in [0.15, 0.2) is 0 Å². The summed E-state index contributed by atoms with van der Waals surface area (Å²) >= 11 is 5.10. The molecule has 0 aliphatic carbocycles. The highest BCUT2D eigenvalue weighted by Gasteiger charge is 2.00. The first kappa shape index (κ1) is 10.6. The maximum absolute atomic E-state index is 4.21. The fraction of sp³-hybridized carbons (Fsp3) is 0.182. The lowest BCUT2D eigenvalue weighted by Crippen LogP contribution is -1.98. The number of benzene rings is 1. The second kappa shape index (κ2) is 4.77. The second-order valence-corrected chi connectivity index (χ2v) is 5.08. The summed E-state index contributed by atoms with van der Waals surface area (Å²) in [6.45, 7) is 2.88. The predicted octanol–water partition coefficient (Wildman–Crippen LogP) is 3.83. The van der Waals surface area contributed by atoms with Gasteiger partial charge >= 0.3 is 0 Å². The molecule has 78 valence electrons. The van der Waals surface area contributed by atoms with Gasteiger partial charge in [0.2, 0.25) is 0 Å². The van der Waals surface area contributed by atoms with Crippen molar-refractivity contribution >= 4 is 33.0 Å². The zero-order valence-corrected chi connectivity index (χ0v) is 10.7. The third-order valence-electron chi connectivity index (χ3n) is 2.14. The molecule has 0 bridgehead atoms. The van der Waals surface area contributed by atoms with E-state index in [0.29, 0.717) is 0 Å². The molecule has 0 unspecified atom stereocenters. The van der Waals surface area contributed by atoms with Crippen LogP contribution in [-0.2, 0) is 6.54 Å². The summed E-state index contributed by atoms with van der Waals surface area (Å²) in [6, 6.07) is 8.17. The van der Waals surface area contributed by atoms with E-state index < -0.39 is 0 Å². The van der Waals surface area contributed by atoms with Gasteiger partial charge in [-0.3, -0.25) is 0 Å². The summed E-state index contributed by atoms with van der Waals surface area (Å²) in [7, 11) is 0. The Morgan fingerprint density at radius 1 is 1.33 bits per heavy atom. The van der Waals surface area contributed by atoms with Crippen LogP contribution in [0.4, 0.5) is 5.69 Å². The lowest BCUT2D eigenvalue weighted by atomic mass is 10.3. The van der Waals surface area contributed by atoms with Crippen LogP contribution in [0, 0.1) is 6.92 Å². The monoisotopic (exact) mass is 282 g/mol. The molecule has 1 aromatic heterocycles. The van der Waals surface area contributed by atoms with Gasteiger partial charge in [0.1, 0.15) is 0 Å². The van der Waals surface area contributed by atoms with Gasteiger partial charge in [-0.25, -0.2) is 4.98 Å². The van der Waals surface area contributed by atoms with Crippen molar-refractivity contribution in [1.82, 2.24) is 4.98 Å². The predicted molar refractivity (Wildman–Crippen MR) is 68.3 cm³/mol. The van der Waals surface area contributed by atoms with E-state index in [-0.39, 0.29) is 0 Å². The average molecular weight is 283 g/mol. The molecule has 0 atom stereocenters. The number of hydrogen-bond acceptors (Lipinski definition) is 3. The number of rotatable bonds is 3. The number of nitrogens with zero attached hydrogens (tertiary/aromatic N) is 1. The Hall–Kier alpha value is -0.870. The smallest absolute Gasteiger partial charge is 0.0798 e. The molecule has 0 spiro atoms. The molecule has 0 radical (unpaired) electrons. The Balaban J connectivity index is 1.99. The highest BCUT2D eigenvalue weighted by atomic mass is 79.9. The van der Waals surface area contributed by atoms with E-state index in [9.17, 15) is 0 Å². The quantitative estimate of drug-likeness (QED) is 0.926. The number of halogens is 1. The summed E-state index contributed by atoms with van der Waals surface area (Å²) < 4.78 is 1.10. The summed E-state index contributed by atoms with van der Waals surface area (Å²) in [5.74, 6) is 0. The molecule has 0 aliphatic rings. The molecule has 1 heterocycles. The van der Waals surface area contributed by atoms with Gasteiger partial charge in [0.25, 0.3) is 0 Å². The van der Waals surface area contributed by atoms with Crippen LogP contribution in [-0.4, -0.2) is 4.98 Å². The number of thiazole rings is 1. The van der Waals surface area contributed by atoms with Crippen molar-refractivity contribution < 1.29 is 0 Å². The summed E-state index contributed by atoms with van der Waals surface area (Å²) in [6.07, 6.45) is 0. The zero-order valence-electron chi connectivity index (χ0n) is 8.33. The van der Waals surface area contributed by atoms with Crippen LogP contribution >= 0.6 is 27.3 Å². The largest absolute Gasteiger partial charge is 0.380 e. The van der Waals surface area contributed by atoms with Gasteiger partial charge in [-0.05, 0) is 31.2 Å². The molecule has 4 heteroatoms. The van der Waals surface area contributed by atoms with Crippen molar-refractivity contribution in [2.75, 3.05) is 5.32 Å². The molecule has 15 heavy (non-hydrogen) atoms. The SMILES string of the molecule is Cc1ncsc1CNc1ccc(Br)cc1. The molecule has 0 aliphatic heterocycles. The van der Waals surface area contributed by atoms with Crippen molar-refractivity contribution in [3.63, 3.8) is 0 Å². The second-order valence-electron chi connectivity index (χ2n) is 3.22. The Morgan fingerprint density at radius 3 is 2.67 bits per heavy atom. The molecule has 0 saturated heterocycles. The summed E-state index contributed by atoms with van der Waals surface area (Å²) in [4.78, 5) is 5.50. The number of aromatic nitrogens is 1. The van der Waals surface area contributed by atoms with Crippen LogP contribution in [0.25, 0.3) is 0 Å². The third kappa shape index (κ3) is 2.79. The van der Waals surface area contributed by atoms with Crippen LogP contribution < -0.4 is 5.32 Å². The molecular weight excluding hydrogens is 272 g/mol. The molecule has 2 aromatic rings. The molecule has 0 fully saturated rings. The Morgan fingerprint density at radius 2 is 2.07 bits per heavy atom. The van der Waals surface area contributed by atoms with Gasteiger partial charge in [0.05, 0.1) is 17.7 Å². The van der Waals surface area contributed by atoms with E-state index in [1.807, 2.05) is 24.6 Å². The first-order valence-corrected chi connectivity index (χ1v) is 6.31. The summed E-state index contributed by atoms with van der Waals surface area (Å²) in [5.41, 5.74) is 4.13. The number of nitrogens with one attached hydrogen (secondary N) is 1. The minimum absolute atomic E-state index is 0.845. The minimum atomic E-state index is 0.845. The average Bonchev–Trinajstić information content (AvgIpc) is 2.63. The van der Waals surface area contributed by atoms with Gasteiger partial charge < -0.3 is 5.32 Å². The lowest BCUT2D eigenvalue weighted by Gasteiger charge is -2.04. The molecule has 2 rings (SSSR count). The van der Waals surface area contributed by atoms with Crippen molar-refractivity contribution in [1.29, 1.82) is 0 Å². The van der Waals surface area contributed by atoms with E-state index >= 15 is 0 Å². The van der Waals surface area contributed by atoms with Crippen LogP contribution in [0.15, 0.2) is 34.2 Å². The van der Waals surface area contributed by atoms with E-state index in [4.69, 9.17) is 0 Å². The van der Waals surface area contributed by atoms with Crippen molar-refractivity contribution in [2.24, 2.45) is 0 Å². The van der Waals surface area contributed by atoms with Crippen molar-refractivity contribution in [3.8, 4) is 0 Å². The van der Waals surface area contributed by atoms with E-state index in [1.165, 1.54) is 4.88 Å². The minimum Gasteiger partial charge on any atom is -0.380 e. The maximum atomic E-state index is 4.21. The molecule has 0 saturated carbocycles. The third-order valence-corrected chi connectivity index (χ3v) is 3.61. The number of anilines is 1. The van der Waals surface area contributed by atoms with Crippen LogP contribution in [0.3, 0.4) is 0 Å². The Labute approximate surface area is 101 Å². The number of aryl methyl sites for hydroxylation is 1. The van der Waals surface area contributed by atoms with Crippen LogP contribution in [0.1, 0.15) is 10.6 Å². The Bertz CT molecular complexity index is 436. The number of hydrogen-bond donors (Lipinski definition) is 1. The topological polar surface area (TPSA) is 24.9 Å². The van der Waals surface area contributed by atoms with Crippen molar-refractivity contribution in [2.45, 2.75) is 13.5 Å². The van der Waals surface area contributed by atoms with Gasteiger partial charge in [-0.1, -0.05) is 15.9 Å². The fourth-order valence-electron chi connectivity index (χ4n) is 1.25. The summed E-state index contributed by atoms with van der Waals surface area (Å²) in [5, 5.41) is 3.36. The van der Waals surface area contributed by atoms with Gasteiger partial charge in [0, 0.05) is 15.0 Å². The Kier molecular flexibility index (Phi) is 3.38. The highest BCUT2D eigenvalue weighted by Crippen LogP contribution is 2.17. The molecule has 0 amide bonds. The first-order valence-electron chi connectivity index (χ1n) is 4.64. The molecule has 2 nitrogen and oxygen atoms in total. The zero-order chi connectivity index (χ0) is 10.7. The normalized spacial score (nSPS) is 10.3. The fourth-order valence-corrected chi connectivity index (χ4v) is 2.23. The molecule has 1 aromatic carbocycles. The highest BCUT2D eigenvalue weighted by molar-refractivity contribution is 9.10. The maximum Gasteiger partial charge on any atom is 0.0798 e. The van der Waals surface area contributed by atoms with Crippen LogP contribution in [0.5, 0.6) is 0 Å². The molecular formula is C11H11BrN2S. The van der Waals surface area contributed by atoms with Crippen LogP contribution in [0.2, 0.25) is 0 Å². The van der Waals surface area contributed by atoms with Crippen molar-refractivity contribution in [3.05, 3.63) is 44.8 Å². The van der Waals surface area contributed by atoms with E-state index in [2.05, 4.69) is 38.4 Å². The van der Waals surface area contributed by atoms with Gasteiger partial charge in [-0.15, -0.1) is 11.3 Å². The van der Waals surface area contributed by atoms with Gasteiger partial charge in [-0.2, -0.15) is 0 Å². The van der Waals surface area contributed by atoms with E-state index in [1.54, 1.807) is 11.3 Å².